The molecule has 0 saturated heterocycles. The van der Waals surface area contributed by atoms with Crippen LogP contribution in [0.3, 0.4) is 0 Å². The second kappa shape index (κ2) is 8.40. The van der Waals surface area contributed by atoms with Crippen molar-refractivity contribution in [1.82, 2.24) is 0 Å². The van der Waals surface area contributed by atoms with Crippen molar-refractivity contribution in [3.63, 3.8) is 0 Å². The first-order chi connectivity index (χ1) is 12.2. The number of nitrogens with one attached hydrogen (secondary N) is 1. The Balaban J connectivity index is 1.64. The average molecular weight is 349 g/mol. The van der Waals surface area contributed by atoms with E-state index in [9.17, 15) is 4.79 Å². The number of hydrogen-bond acceptors (Lipinski definition) is 3. The third-order valence-corrected chi connectivity index (χ3v) is 4.67. The molecule has 0 atom stereocenters. The first-order valence-corrected chi connectivity index (χ1v) is 8.84. The van der Waals surface area contributed by atoms with Crippen molar-refractivity contribution in [3.8, 4) is 5.75 Å². The number of carbonyl (C=O) groups excluding carboxylic acids is 1. The van der Waals surface area contributed by atoms with Crippen molar-refractivity contribution in [2.45, 2.75) is 16.7 Å². The topological polar surface area (TPSA) is 38.3 Å². The summed E-state index contributed by atoms with van der Waals surface area (Å²) in [4.78, 5) is 14.4. The standard InChI is InChI=1S/C21H19NO2S/c1-16-9-5-7-13-19(16)24-15-21(23)22-18-12-6-8-14-20(18)25-17-10-3-2-4-11-17/h2-14H,15H2,1H3,(H,22,23). The van der Waals surface area contributed by atoms with Crippen molar-refractivity contribution >= 4 is 23.4 Å². The molecule has 0 fully saturated rings. The first kappa shape index (κ1) is 17.1. The van der Waals surface area contributed by atoms with Gasteiger partial charge in [-0.05, 0) is 42.8 Å². The Labute approximate surface area is 152 Å². The molecule has 0 unspecified atom stereocenters. The summed E-state index contributed by atoms with van der Waals surface area (Å²) in [5.41, 5.74) is 1.80. The Morgan fingerprint density at radius 2 is 1.60 bits per heavy atom. The number of amides is 1. The molecule has 0 radical (unpaired) electrons. The highest BCUT2D eigenvalue weighted by atomic mass is 32.2. The zero-order chi connectivity index (χ0) is 17.5. The van der Waals surface area contributed by atoms with Crippen LogP contribution < -0.4 is 10.1 Å². The smallest absolute Gasteiger partial charge is 0.262 e. The molecule has 0 bridgehead atoms. The van der Waals surface area contributed by atoms with E-state index < -0.39 is 0 Å². The number of anilines is 1. The molecule has 0 aliphatic carbocycles. The first-order valence-electron chi connectivity index (χ1n) is 8.02. The van der Waals surface area contributed by atoms with E-state index in [1.807, 2.05) is 85.8 Å². The lowest BCUT2D eigenvalue weighted by Gasteiger charge is -2.12. The Kier molecular flexibility index (Phi) is 5.75. The van der Waals surface area contributed by atoms with Gasteiger partial charge in [-0.2, -0.15) is 0 Å². The number of aryl methyl sites for hydroxylation is 1. The van der Waals surface area contributed by atoms with Gasteiger partial charge in [0.05, 0.1) is 5.69 Å². The molecule has 3 rings (SSSR count). The van der Waals surface area contributed by atoms with E-state index in [-0.39, 0.29) is 12.5 Å². The van der Waals surface area contributed by atoms with Crippen LogP contribution in [0.5, 0.6) is 5.75 Å². The maximum absolute atomic E-state index is 12.3. The lowest BCUT2D eigenvalue weighted by Crippen LogP contribution is -2.20. The minimum Gasteiger partial charge on any atom is -0.483 e. The molecule has 3 aromatic carbocycles. The summed E-state index contributed by atoms with van der Waals surface area (Å²) in [6.45, 7) is 1.94. The van der Waals surface area contributed by atoms with Gasteiger partial charge in [-0.3, -0.25) is 4.79 Å². The lowest BCUT2D eigenvalue weighted by atomic mass is 10.2. The van der Waals surface area contributed by atoms with Crippen LogP contribution in [-0.4, -0.2) is 12.5 Å². The highest BCUT2D eigenvalue weighted by Gasteiger charge is 2.09. The number of hydrogen-bond donors (Lipinski definition) is 1. The highest BCUT2D eigenvalue weighted by Crippen LogP contribution is 2.33. The third kappa shape index (κ3) is 4.88. The Bertz CT molecular complexity index is 849. The molecule has 0 aromatic heterocycles. The van der Waals surface area contributed by atoms with Gasteiger partial charge >= 0.3 is 0 Å². The van der Waals surface area contributed by atoms with E-state index in [0.29, 0.717) is 0 Å². The molecule has 1 N–H and O–H groups in total. The van der Waals surface area contributed by atoms with E-state index in [1.165, 1.54) is 0 Å². The fourth-order valence-corrected chi connectivity index (χ4v) is 3.25. The minimum absolute atomic E-state index is 0.0187. The van der Waals surface area contributed by atoms with Crippen LogP contribution >= 0.6 is 11.8 Å². The number of carbonyl (C=O) groups is 1. The number of rotatable bonds is 6. The fourth-order valence-electron chi connectivity index (χ4n) is 2.32. The van der Waals surface area contributed by atoms with Crippen LogP contribution in [0, 0.1) is 6.92 Å². The number of ether oxygens (including phenoxy) is 1. The summed E-state index contributed by atoms with van der Waals surface area (Å²) < 4.78 is 5.61. The largest absolute Gasteiger partial charge is 0.483 e. The Hall–Kier alpha value is -2.72. The molecule has 25 heavy (non-hydrogen) atoms. The van der Waals surface area contributed by atoms with Crippen molar-refractivity contribution < 1.29 is 9.53 Å². The monoisotopic (exact) mass is 349 g/mol. The van der Waals surface area contributed by atoms with E-state index in [1.54, 1.807) is 11.8 Å². The Morgan fingerprint density at radius 3 is 2.40 bits per heavy atom. The summed E-state index contributed by atoms with van der Waals surface area (Å²) in [5, 5.41) is 2.94. The van der Waals surface area contributed by atoms with Crippen LogP contribution in [0.1, 0.15) is 5.56 Å². The molecule has 1 amide bonds. The highest BCUT2D eigenvalue weighted by molar-refractivity contribution is 7.99. The molecule has 3 aromatic rings. The van der Waals surface area contributed by atoms with Crippen LogP contribution in [0.25, 0.3) is 0 Å². The SMILES string of the molecule is Cc1ccccc1OCC(=O)Nc1ccccc1Sc1ccccc1. The molecule has 4 heteroatoms. The minimum atomic E-state index is -0.177. The number of para-hydroxylation sites is 2. The van der Waals surface area contributed by atoms with Gasteiger partial charge in [-0.1, -0.05) is 60.3 Å². The van der Waals surface area contributed by atoms with Gasteiger partial charge in [0, 0.05) is 9.79 Å². The van der Waals surface area contributed by atoms with Crippen LogP contribution in [0.15, 0.2) is 88.7 Å². The Morgan fingerprint density at radius 1 is 0.920 bits per heavy atom. The molecular weight excluding hydrogens is 330 g/mol. The van der Waals surface area contributed by atoms with Gasteiger partial charge in [0.2, 0.25) is 0 Å². The molecule has 0 aliphatic rings. The van der Waals surface area contributed by atoms with Gasteiger partial charge < -0.3 is 10.1 Å². The normalized spacial score (nSPS) is 10.3. The summed E-state index contributed by atoms with van der Waals surface area (Å²) in [6, 6.07) is 25.5. The summed E-state index contributed by atoms with van der Waals surface area (Å²) >= 11 is 1.62. The van der Waals surface area contributed by atoms with Gasteiger partial charge in [0.15, 0.2) is 6.61 Å². The van der Waals surface area contributed by atoms with Crippen molar-refractivity contribution in [2.75, 3.05) is 11.9 Å². The van der Waals surface area contributed by atoms with Crippen LogP contribution in [0.2, 0.25) is 0 Å². The van der Waals surface area contributed by atoms with Crippen LogP contribution in [0.4, 0.5) is 5.69 Å². The van der Waals surface area contributed by atoms with E-state index in [4.69, 9.17) is 4.74 Å². The van der Waals surface area contributed by atoms with Crippen molar-refractivity contribution in [2.24, 2.45) is 0 Å². The maximum atomic E-state index is 12.3. The number of benzene rings is 3. The second-order valence-corrected chi connectivity index (χ2v) is 6.63. The predicted molar refractivity (Wildman–Crippen MR) is 102 cm³/mol. The van der Waals surface area contributed by atoms with Gasteiger partial charge in [0.1, 0.15) is 5.75 Å². The third-order valence-electron chi connectivity index (χ3n) is 3.58. The summed E-state index contributed by atoms with van der Waals surface area (Å²) in [5.74, 6) is 0.550. The summed E-state index contributed by atoms with van der Waals surface area (Å²) in [6.07, 6.45) is 0. The lowest BCUT2D eigenvalue weighted by molar-refractivity contribution is -0.118. The van der Waals surface area contributed by atoms with Gasteiger partial charge in [-0.25, -0.2) is 0 Å². The van der Waals surface area contributed by atoms with Crippen LogP contribution in [-0.2, 0) is 4.79 Å². The van der Waals surface area contributed by atoms with Gasteiger partial charge in [-0.15, -0.1) is 0 Å². The van der Waals surface area contributed by atoms with E-state index in [0.717, 1.165) is 26.8 Å². The molecule has 0 heterocycles. The molecule has 0 spiro atoms. The summed E-state index contributed by atoms with van der Waals surface area (Å²) in [7, 11) is 0. The van der Waals surface area contributed by atoms with E-state index in [2.05, 4.69) is 5.32 Å². The molecule has 0 aliphatic heterocycles. The fraction of sp³-hybridized carbons (Fsp3) is 0.0952. The van der Waals surface area contributed by atoms with E-state index >= 15 is 0 Å². The van der Waals surface area contributed by atoms with Gasteiger partial charge in [0.25, 0.3) is 5.91 Å². The second-order valence-electron chi connectivity index (χ2n) is 5.51. The quantitative estimate of drug-likeness (QED) is 0.668. The zero-order valence-electron chi connectivity index (χ0n) is 13.9. The predicted octanol–water partition coefficient (Wildman–Crippen LogP) is 5.16. The molecule has 3 nitrogen and oxygen atoms in total. The average Bonchev–Trinajstić information content (AvgIpc) is 2.64. The molecule has 0 saturated carbocycles. The van der Waals surface area contributed by atoms with Crippen molar-refractivity contribution in [3.05, 3.63) is 84.4 Å². The van der Waals surface area contributed by atoms with Crippen molar-refractivity contribution in [1.29, 1.82) is 0 Å². The maximum Gasteiger partial charge on any atom is 0.262 e. The zero-order valence-corrected chi connectivity index (χ0v) is 14.8. The molecular formula is C21H19NO2S. The molecule has 126 valence electrons.